The molecule has 0 saturated carbocycles. The minimum absolute atomic E-state index is 0.287. The summed E-state index contributed by atoms with van der Waals surface area (Å²) in [5.74, 6) is 0.838. The minimum atomic E-state index is -0.326. The van der Waals surface area contributed by atoms with Gasteiger partial charge in [-0.25, -0.2) is 4.39 Å². The highest BCUT2D eigenvalue weighted by atomic mass is 79.9. The fraction of sp³-hybridized carbons (Fsp3) is 0.0909. The first-order valence-corrected chi connectivity index (χ1v) is 5.15. The molecule has 0 spiro atoms. The predicted molar refractivity (Wildman–Crippen MR) is 57.1 cm³/mol. The summed E-state index contributed by atoms with van der Waals surface area (Å²) in [6.07, 6.45) is 1.57. The van der Waals surface area contributed by atoms with Gasteiger partial charge in [0.05, 0.1) is 10.7 Å². The first-order chi connectivity index (χ1) is 7.25. The van der Waals surface area contributed by atoms with Crippen LogP contribution in [0.3, 0.4) is 0 Å². The standard InChI is InChI=1S/C11H8BrFO2/c12-10-4-3-8(13)6-11(10)15-7-9-2-1-5-14-9/h1-6H,7H2. The quantitative estimate of drug-likeness (QED) is 0.848. The molecule has 2 aromatic rings. The number of ether oxygens (including phenoxy) is 1. The molecule has 0 atom stereocenters. The normalized spacial score (nSPS) is 10.3. The Morgan fingerprint density at radius 3 is 2.93 bits per heavy atom. The maximum atomic E-state index is 12.9. The lowest BCUT2D eigenvalue weighted by molar-refractivity contribution is 0.267. The summed E-state index contributed by atoms with van der Waals surface area (Å²) >= 11 is 3.27. The summed E-state index contributed by atoms with van der Waals surface area (Å²) in [5, 5.41) is 0. The van der Waals surface area contributed by atoms with Crippen LogP contribution < -0.4 is 4.74 Å². The second-order valence-corrected chi connectivity index (χ2v) is 3.80. The lowest BCUT2D eigenvalue weighted by atomic mass is 10.3. The molecule has 2 rings (SSSR count). The average molecular weight is 271 g/mol. The molecule has 0 amide bonds. The summed E-state index contributed by atoms with van der Waals surface area (Å²) in [6, 6.07) is 7.87. The zero-order chi connectivity index (χ0) is 10.7. The Bertz CT molecular complexity index is 440. The third kappa shape index (κ3) is 2.59. The van der Waals surface area contributed by atoms with Crippen molar-refractivity contribution in [3.63, 3.8) is 0 Å². The molecular weight excluding hydrogens is 263 g/mol. The van der Waals surface area contributed by atoms with E-state index in [1.165, 1.54) is 12.1 Å². The van der Waals surface area contributed by atoms with Crippen molar-refractivity contribution in [1.82, 2.24) is 0 Å². The third-order valence-corrected chi connectivity index (χ3v) is 2.50. The Labute approximate surface area is 94.8 Å². The van der Waals surface area contributed by atoms with Crippen LogP contribution in [-0.2, 0) is 6.61 Å². The molecule has 1 heterocycles. The SMILES string of the molecule is Fc1ccc(Br)c(OCc2ccco2)c1. The van der Waals surface area contributed by atoms with Crippen LogP contribution in [0.5, 0.6) is 5.75 Å². The van der Waals surface area contributed by atoms with E-state index in [0.29, 0.717) is 11.5 Å². The topological polar surface area (TPSA) is 22.4 Å². The second-order valence-electron chi connectivity index (χ2n) is 2.94. The lowest BCUT2D eigenvalue weighted by Gasteiger charge is -2.06. The number of halogens is 2. The van der Waals surface area contributed by atoms with Crippen LogP contribution >= 0.6 is 15.9 Å². The van der Waals surface area contributed by atoms with Crippen molar-refractivity contribution in [3.05, 3.63) is 52.6 Å². The summed E-state index contributed by atoms with van der Waals surface area (Å²) in [5.41, 5.74) is 0. The molecule has 0 fully saturated rings. The molecule has 0 aliphatic carbocycles. The predicted octanol–water partition coefficient (Wildman–Crippen LogP) is 3.76. The molecule has 0 saturated heterocycles. The summed E-state index contributed by atoms with van der Waals surface area (Å²) in [6.45, 7) is 0.287. The van der Waals surface area contributed by atoms with Crippen LogP contribution in [0, 0.1) is 5.82 Å². The fourth-order valence-electron chi connectivity index (χ4n) is 1.13. The molecule has 0 unspecified atom stereocenters. The number of hydrogen-bond donors (Lipinski definition) is 0. The highest BCUT2D eigenvalue weighted by Gasteiger charge is 2.04. The molecule has 0 aliphatic heterocycles. The summed E-state index contributed by atoms with van der Waals surface area (Å²) < 4.78 is 24.1. The van der Waals surface area contributed by atoms with Crippen molar-refractivity contribution < 1.29 is 13.5 Å². The van der Waals surface area contributed by atoms with Crippen molar-refractivity contribution in [2.75, 3.05) is 0 Å². The van der Waals surface area contributed by atoms with Crippen LogP contribution in [0.4, 0.5) is 4.39 Å². The van der Waals surface area contributed by atoms with Gasteiger partial charge in [-0.1, -0.05) is 0 Å². The lowest BCUT2D eigenvalue weighted by Crippen LogP contribution is -1.94. The van der Waals surface area contributed by atoms with E-state index in [1.54, 1.807) is 24.5 Å². The smallest absolute Gasteiger partial charge is 0.146 e. The zero-order valence-electron chi connectivity index (χ0n) is 7.74. The van der Waals surface area contributed by atoms with Gasteiger partial charge in [0.2, 0.25) is 0 Å². The maximum absolute atomic E-state index is 12.9. The highest BCUT2D eigenvalue weighted by Crippen LogP contribution is 2.26. The number of furan rings is 1. The van der Waals surface area contributed by atoms with E-state index in [9.17, 15) is 4.39 Å². The minimum Gasteiger partial charge on any atom is -0.484 e. The van der Waals surface area contributed by atoms with E-state index in [-0.39, 0.29) is 12.4 Å². The maximum Gasteiger partial charge on any atom is 0.146 e. The van der Waals surface area contributed by atoms with Crippen LogP contribution in [0.25, 0.3) is 0 Å². The molecule has 4 heteroatoms. The van der Waals surface area contributed by atoms with Gasteiger partial charge in [-0.15, -0.1) is 0 Å². The highest BCUT2D eigenvalue weighted by molar-refractivity contribution is 9.10. The Morgan fingerprint density at radius 2 is 2.20 bits per heavy atom. The molecule has 15 heavy (non-hydrogen) atoms. The van der Waals surface area contributed by atoms with Crippen LogP contribution in [0.2, 0.25) is 0 Å². The fourth-order valence-corrected chi connectivity index (χ4v) is 1.49. The number of benzene rings is 1. The van der Waals surface area contributed by atoms with Gasteiger partial charge < -0.3 is 9.15 Å². The van der Waals surface area contributed by atoms with Crippen molar-refractivity contribution in [2.24, 2.45) is 0 Å². The molecule has 1 aromatic carbocycles. The largest absolute Gasteiger partial charge is 0.484 e. The van der Waals surface area contributed by atoms with Gasteiger partial charge in [0.1, 0.15) is 23.9 Å². The van der Waals surface area contributed by atoms with Crippen molar-refractivity contribution in [3.8, 4) is 5.75 Å². The van der Waals surface area contributed by atoms with Gasteiger partial charge in [0.15, 0.2) is 0 Å². The monoisotopic (exact) mass is 270 g/mol. The number of rotatable bonds is 3. The first-order valence-electron chi connectivity index (χ1n) is 4.36. The van der Waals surface area contributed by atoms with Gasteiger partial charge in [-0.05, 0) is 40.2 Å². The van der Waals surface area contributed by atoms with E-state index in [2.05, 4.69) is 15.9 Å². The van der Waals surface area contributed by atoms with E-state index in [0.717, 1.165) is 4.47 Å². The first kappa shape index (κ1) is 10.2. The molecule has 78 valence electrons. The Morgan fingerprint density at radius 1 is 1.33 bits per heavy atom. The summed E-state index contributed by atoms with van der Waals surface area (Å²) in [7, 11) is 0. The number of hydrogen-bond acceptors (Lipinski definition) is 2. The van der Waals surface area contributed by atoms with Gasteiger partial charge in [-0.3, -0.25) is 0 Å². The molecular formula is C11H8BrFO2. The molecule has 0 aliphatic rings. The van der Waals surface area contributed by atoms with Crippen LogP contribution in [0.15, 0.2) is 45.5 Å². The summed E-state index contributed by atoms with van der Waals surface area (Å²) in [4.78, 5) is 0. The second kappa shape index (κ2) is 4.49. The molecule has 0 N–H and O–H groups in total. The van der Waals surface area contributed by atoms with Gasteiger partial charge in [0, 0.05) is 6.07 Å². The van der Waals surface area contributed by atoms with Gasteiger partial charge in [0.25, 0.3) is 0 Å². The average Bonchev–Trinajstić information content (AvgIpc) is 2.72. The molecule has 1 aromatic heterocycles. The van der Waals surface area contributed by atoms with E-state index < -0.39 is 0 Å². The van der Waals surface area contributed by atoms with Gasteiger partial charge >= 0.3 is 0 Å². The molecule has 2 nitrogen and oxygen atoms in total. The van der Waals surface area contributed by atoms with E-state index in [1.807, 2.05) is 0 Å². The van der Waals surface area contributed by atoms with Crippen LogP contribution in [-0.4, -0.2) is 0 Å². The van der Waals surface area contributed by atoms with Crippen molar-refractivity contribution >= 4 is 15.9 Å². The van der Waals surface area contributed by atoms with E-state index >= 15 is 0 Å². The van der Waals surface area contributed by atoms with Crippen LogP contribution in [0.1, 0.15) is 5.76 Å². The van der Waals surface area contributed by atoms with Crippen molar-refractivity contribution in [2.45, 2.75) is 6.61 Å². The van der Waals surface area contributed by atoms with Gasteiger partial charge in [-0.2, -0.15) is 0 Å². The zero-order valence-corrected chi connectivity index (χ0v) is 9.33. The Balaban J connectivity index is 2.07. The molecule has 0 bridgehead atoms. The molecule has 0 radical (unpaired) electrons. The van der Waals surface area contributed by atoms with E-state index in [4.69, 9.17) is 9.15 Å². The Hall–Kier alpha value is -1.29. The Kier molecular flexibility index (Phi) is 3.06. The van der Waals surface area contributed by atoms with Crippen molar-refractivity contribution in [1.29, 1.82) is 0 Å². The third-order valence-electron chi connectivity index (χ3n) is 1.84.